The highest BCUT2D eigenvalue weighted by Gasteiger charge is 2.20. The molecule has 0 spiro atoms. The highest BCUT2D eigenvalue weighted by molar-refractivity contribution is 5.89. The SMILES string of the molecule is O=C(O)c1ccccc1CCN1CCCC1=O. The molecule has 1 aliphatic rings. The zero-order valence-corrected chi connectivity index (χ0v) is 9.56. The minimum atomic E-state index is -0.909. The van der Waals surface area contributed by atoms with Crippen LogP contribution in [0.3, 0.4) is 0 Å². The molecular formula is C13H15NO3. The summed E-state index contributed by atoms with van der Waals surface area (Å²) in [4.78, 5) is 24.2. The Labute approximate surface area is 99.9 Å². The van der Waals surface area contributed by atoms with Crippen LogP contribution >= 0.6 is 0 Å². The van der Waals surface area contributed by atoms with Crippen LogP contribution in [0.1, 0.15) is 28.8 Å². The number of benzene rings is 1. The monoisotopic (exact) mass is 233 g/mol. The highest BCUT2D eigenvalue weighted by Crippen LogP contribution is 2.13. The van der Waals surface area contributed by atoms with E-state index in [1.165, 1.54) is 0 Å². The third kappa shape index (κ3) is 2.64. The predicted molar refractivity (Wildman–Crippen MR) is 62.9 cm³/mol. The smallest absolute Gasteiger partial charge is 0.335 e. The van der Waals surface area contributed by atoms with Crippen LogP contribution in [0, 0.1) is 0 Å². The van der Waals surface area contributed by atoms with E-state index in [2.05, 4.69) is 0 Å². The van der Waals surface area contributed by atoms with Crippen molar-refractivity contribution in [3.63, 3.8) is 0 Å². The first kappa shape index (κ1) is 11.6. The van der Waals surface area contributed by atoms with Gasteiger partial charge in [0.05, 0.1) is 5.56 Å². The molecule has 17 heavy (non-hydrogen) atoms. The maximum atomic E-state index is 11.4. The molecular weight excluding hydrogens is 218 g/mol. The molecule has 4 heteroatoms. The van der Waals surface area contributed by atoms with Gasteiger partial charge in [-0.1, -0.05) is 18.2 Å². The quantitative estimate of drug-likeness (QED) is 0.858. The molecule has 1 aliphatic heterocycles. The summed E-state index contributed by atoms with van der Waals surface area (Å²) in [5.41, 5.74) is 1.12. The third-order valence-corrected chi connectivity index (χ3v) is 3.07. The summed E-state index contributed by atoms with van der Waals surface area (Å²) in [6.45, 7) is 1.41. The molecule has 90 valence electrons. The number of carbonyl (C=O) groups excluding carboxylic acids is 1. The van der Waals surface area contributed by atoms with Crippen LogP contribution in [0.4, 0.5) is 0 Å². The van der Waals surface area contributed by atoms with E-state index in [-0.39, 0.29) is 5.91 Å². The van der Waals surface area contributed by atoms with E-state index in [0.29, 0.717) is 24.9 Å². The van der Waals surface area contributed by atoms with Crippen LogP contribution in [-0.2, 0) is 11.2 Å². The van der Waals surface area contributed by atoms with E-state index in [4.69, 9.17) is 5.11 Å². The Bertz CT molecular complexity index is 442. The van der Waals surface area contributed by atoms with Crippen molar-refractivity contribution < 1.29 is 14.7 Å². The number of hydrogen-bond donors (Lipinski definition) is 1. The zero-order valence-electron chi connectivity index (χ0n) is 9.56. The number of carboxylic acid groups (broad SMARTS) is 1. The van der Waals surface area contributed by atoms with Gasteiger partial charge in [-0.05, 0) is 24.5 Å². The van der Waals surface area contributed by atoms with Crippen LogP contribution in [0.25, 0.3) is 0 Å². The molecule has 0 radical (unpaired) electrons. The summed E-state index contributed by atoms with van der Waals surface area (Å²) in [6.07, 6.45) is 2.15. The fraction of sp³-hybridized carbons (Fsp3) is 0.385. The Morgan fingerprint density at radius 2 is 2.12 bits per heavy atom. The van der Waals surface area contributed by atoms with Crippen molar-refractivity contribution in [2.45, 2.75) is 19.3 Å². The Morgan fingerprint density at radius 3 is 2.76 bits per heavy atom. The molecule has 0 atom stereocenters. The Morgan fingerprint density at radius 1 is 1.35 bits per heavy atom. The Hall–Kier alpha value is -1.84. The molecule has 0 aliphatic carbocycles. The number of hydrogen-bond acceptors (Lipinski definition) is 2. The van der Waals surface area contributed by atoms with E-state index in [0.717, 1.165) is 18.5 Å². The molecule has 1 aromatic rings. The molecule has 1 N–H and O–H groups in total. The number of carbonyl (C=O) groups is 2. The summed E-state index contributed by atoms with van der Waals surface area (Å²) in [6, 6.07) is 6.95. The van der Waals surface area contributed by atoms with Gasteiger partial charge in [0.15, 0.2) is 0 Å². The van der Waals surface area contributed by atoms with Crippen molar-refractivity contribution in [2.75, 3.05) is 13.1 Å². The molecule has 1 aromatic carbocycles. The maximum absolute atomic E-state index is 11.4. The zero-order chi connectivity index (χ0) is 12.3. The minimum Gasteiger partial charge on any atom is -0.478 e. The summed E-state index contributed by atoms with van der Waals surface area (Å²) >= 11 is 0. The molecule has 1 fully saturated rings. The molecule has 1 heterocycles. The first-order chi connectivity index (χ1) is 8.18. The normalized spacial score (nSPS) is 15.3. The van der Waals surface area contributed by atoms with Gasteiger partial charge in [-0.15, -0.1) is 0 Å². The fourth-order valence-corrected chi connectivity index (χ4v) is 2.14. The van der Waals surface area contributed by atoms with Gasteiger partial charge >= 0.3 is 5.97 Å². The Balaban J connectivity index is 2.03. The van der Waals surface area contributed by atoms with E-state index in [1.807, 2.05) is 12.1 Å². The standard InChI is InChI=1S/C13H15NO3/c15-12-6-3-8-14(12)9-7-10-4-1-2-5-11(10)13(16)17/h1-2,4-5H,3,6-9H2,(H,16,17). The lowest BCUT2D eigenvalue weighted by molar-refractivity contribution is -0.127. The number of rotatable bonds is 4. The number of amides is 1. The third-order valence-electron chi connectivity index (χ3n) is 3.07. The van der Waals surface area contributed by atoms with Gasteiger partial charge < -0.3 is 10.0 Å². The summed E-state index contributed by atoms with van der Waals surface area (Å²) in [5.74, 6) is -0.730. The van der Waals surface area contributed by atoms with Gasteiger partial charge in [-0.3, -0.25) is 4.79 Å². The van der Waals surface area contributed by atoms with Crippen LogP contribution in [-0.4, -0.2) is 35.0 Å². The molecule has 4 nitrogen and oxygen atoms in total. The first-order valence-electron chi connectivity index (χ1n) is 5.77. The summed E-state index contributed by atoms with van der Waals surface area (Å²) < 4.78 is 0. The van der Waals surface area contributed by atoms with Gasteiger partial charge in [-0.2, -0.15) is 0 Å². The molecule has 1 amide bonds. The second-order valence-corrected chi connectivity index (χ2v) is 4.20. The van der Waals surface area contributed by atoms with E-state index in [1.54, 1.807) is 17.0 Å². The van der Waals surface area contributed by atoms with Gasteiger partial charge in [0.1, 0.15) is 0 Å². The van der Waals surface area contributed by atoms with Gasteiger partial charge in [0, 0.05) is 19.5 Å². The minimum absolute atomic E-state index is 0.179. The number of aromatic carboxylic acids is 1. The lowest BCUT2D eigenvalue weighted by Crippen LogP contribution is -2.27. The van der Waals surface area contributed by atoms with Crippen molar-refractivity contribution in [3.8, 4) is 0 Å². The summed E-state index contributed by atoms with van der Waals surface area (Å²) in [7, 11) is 0. The number of likely N-dealkylation sites (tertiary alicyclic amines) is 1. The largest absolute Gasteiger partial charge is 0.478 e. The van der Waals surface area contributed by atoms with Crippen molar-refractivity contribution in [2.24, 2.45) is 0 Å². The average Bonchev–Trinajstić information content (AvgIpc) is 2.72. The van der Waals surface area contributed by atoms with Gasteiger partial charge in [0.25, 0.3) is 0 Å². The molecule has 0 bridgehead atoms. The highest BCUT2D eigenvalue weighted by atomic mass is 16.4. The van der Waals surface area contributed by atoms with Crippen molar-refractivity contribution in [3.05, 3.63) is 35.4 Å². The average molecular weight is 233 g/mol. The maximum Gasteiger partial charge on any atom is 0.335 e. The molecule has 0 aromatic heterocycles. The topological polar surface area (TPSA) is 57.6 Å². The van der Waals surface area contributed by atoms with E-state index >= 15 is 0 Å². The fourth-order valence-electron chi connectivity index (χ4n) is 2.14. The lowest BCUT2D eigenvalue weighted by atomic mass is 10.0. The van der Waals surface area contributed by atoms with Crippen molar-refractivity contribution in [1.29, 1.82) is 0 Å². The number of nitrogens with zero attached hydrogens (tertiary/aromatic N) is 1. The van der Waals surface area contributed by atoms with Gasteiger partial charge in [0.2, 0.25) is 5.91 Å². The molecule has 2 rings (SSSR count). The second-order valence-electron chi connectivity index (χ2n) is 4.20. The van der Waals surface area contributed by atoms with Gasteiger partial charge in [-0.25, -0.2) is 4.79 Å². The predicted octanol–water partition coefficient (Wildman–Crippen LogP) is 1.55. The Kier molecular flexibility index (Phi) is 3.42. The van der Waals surface area contributed by atoms with E-state index < -0.39 is 5.97 Å². The lowest BCUT2D eigenvalue weighted by Gasteiger charge is -2.15. The van der Waals surface area contributed by atoms with Crippen LogP contribution in [0.5, 0.6) is 0 Å². The molecule has 0 unspecified atom stereocenters. The second kappa shape index (κ2) is 4.99. The first-order valence-corrected chi connectivity index (χ1v) is 5.77. The number of carboxylic acids is 1. The molecule has 0 saturated carbocycles. The van der Waals surface area contributed by atoms with Crippen molar-refractivity contribution >= 4 is 11.9 Å². The molecule has 1 saturated heterocycles. The van der Waals surface area contributed by atoms with E-state index in [9.17, 15) is 9.59 Å². The summed E-state index contributed by atoms with van der Waals surface area (Å²) in [5, 5.41) is 9.03. The van der Waals surface area contributed by atoms with Crippen LogP contribution in [0.15, 0.2) is 24.3 Å². The van der Waals surface area contributed by atoms with Crippen molar-refractivity contribution in [1.82, 2.24) is 4.90 Å². The van der Waals surface area contributed by atoms with Crippen LogP contribution in [0.2, 0.25) is 0 Å². The van der Waals surface area contributed by atoms with Crippen LogP contribution < -0.4 is 0 Å².